The van der Waals surface area contributed by atoms with Crippen LogP contribution in [-0.4, -0.2) is 34.6 Å². The maximum atomic E-state index is 13.0. The maximum Gasteiger partial charge on any atom is 0.294 e. The van der Waals surface area contributed by atoms with Crippen molar-refractivity contribution in [3.63, 3.8) is 0 Å². The largest absolute Gasteiger partial charge is 0.459 e. The molecule has 1 N–H and O–H groups in total. The van der Waals surface area contributed by atoms with Crippen LogP contribution in [0.3, 0.4) is 0 Å². The summed E-state index contributed by atoms with van der Waals surface area (Å²) >= 11 is 0. The molecule has 132 valence electrons. The lowest BCUT2D eigenvalue weighted by atomic mass is 10.0. The van der Waals surface area contributed by atoms with Gasteiger partial charge in [-0.05, 0) is 37.3 Å². The van der Waals surface area contributed by atoms with Crippen LogP contribution in [0.1, 0.15) is 24.4 Å². The molecule has 2 aromatic heterocycles. The molecule has 1 atom stereocenters. The number of hydrogen-bond donors (Lipinski definition) is 1. The van der Waals surface area contributed by atoms with Crippen LogP contribution in [0.15, 0.2) is 53.3 Å². The molecule has 0 radical (unpaired) electrons. The number of furan rings is 1. The molecule has 1 aliphatic heterocycles. The fourth-order valence-corrected chi connectivity index (χ4v) is 3.41. The van der Waals surface area contributed by atoms with Gasteiger partial charge in [0.25, 0.3) is 5.91 Å². The van der Waals surface area contributed by atoms with E-state index in [1.54, 1.807) is 28.1 Å². The molecular weight excluding hydrogens is 332 g/mol. The van der Waals surface area contributed by atoms with E-state index in [2.05, 4.69) is 10.2 Å². The minimum Gasteiger partial charge on any atom is -0.459 e. The quantitative estimate of drug-likeness (QED) is 0.770. The van der Waals surface area contributed by atoms with Gasteiger partial charge >= 0.3 is 0 Å². The number of fused-ring (bicyclic) bond motifs is 1. The molecule has 26 heavy (non-hydrogen) atoms. The molecule has 1 aromatic carbocycles. The monoisotopic (exact) mass is 350 g/mol. The lowest BCUT2D eigenvalue weighted by Gasteiger charge is -2.40. The average Bonchev–Trinajstić information content (AvgIpc) is 3.33. The third-order valence-electron chi connectivity index (χ3n) is 4.54. The van der Waals surface area contributed by atoms with Gasteiger partial charge in [-0.3, -0.25) is 14.7 Å². The Kier molecular flexibility index (Phi) is 3.84. The van der Waals surface area contributed by atoms with Crippen LogP contribution >= 0.6 is 0 Å². The van der Waals surface area contributed by atoms with E-state index in [1.807, 2.05) is 31.2 Å². The number of nitrogens with zero attached hydrogens (tertiary/aromatic N) is 3. The molecule has 7 heteroatoms. The molecule has 0 fully saturated rings. The van der Waals surface area contributed by atoms with Crippen molar-refractivity contribution in [2.75, 3.05) is 16.3 Å². The number of carbonyl (C=O) groups excluding carboxylic acids is 2. The van der Waals surface area contributed by atoms with Crippen molar-refractivity contribution in [2.24, 2.45) is 0 Å². The first-order valence-electron chi connectivity index (χ1n) is 8.35. The van der Waals surface area contributed by atoms with Crippen LogP contribution < -0.4 is 9.80 Å². The Morgan fingerprint density at radius 3 is 2.73 bits per heavy atom. The SMILES string of the molecule is CC(=O)N1c2ccc(-c3ccn[nH]3)cc2N(C(=O)c2ccco2)CC1C. The van der Waals surface area contributed by atoms with E-state index in [0.717, 1.165) is 11.3 Å². The van der Waals surface area contributed by atoms with E-state index >= 15 is 0 Å². The fourth-order valence-electron chi connectivity index (χ4n) is 3.41. The van der Waals surface area contributed by atoms with Gasteiger partial charge in [0.2, 0.25) is 5.91 Å². The number of carbonyl (C=O) groups is 2. The van der Waals surface area contributed by atoms with Gasteiger partial charge in [-0.15, -0.1) is 0 Å². The zero-order valence-electron chi connectivity index (χ0n) is 14.5. The highest BCUT2D eigenvalue weighted by molar-refractivity contribution is 6.09. The Balaban J connectivity index is 1.85. The lowest BCUT2D eigenvalue weighted by Crippen LogP contribution is -2.51. The summed E-state index contributed by atoms with van der Waals surface area (Å²) in [7, 11) is 0. The van der Waals surface area contributed by atoms with Gasteiger partial charge < -0.3 is 14.2 Å². The molecule has 2 amide bonds. The molecule has 1 unspecified atom stereocenters. The maximum absolute atomic E-state index is 13.0. The van der Waals surface area contributed by atoms with Crippen LogP contribution in [0.25, 0.3) is 11.3 Å². The molecule has 0 saturated heterocycles. The third-order valence-corrected chi connectivity index (χ3v) is 4.54. The van der Waals surface area contributed by atoms with Crippen molar-refractivity contribution < 1.29 is 14.0 Å². The highest BCUT2D eigenvalue weighted by Gasteiger charge is 2.35. The fraction of sp³-hybridized carbons (Fsp3) is 0.211. The van der Waals surface area contributed by atoms with E-state index < -0.39 is 0 Å². The second kappa shape index (κ2) is 6.18. The molecule has 0 spiro atoms. The van der Waals surface area contributed by atoms with Gasteiger partial charge in [-0.25, -0.2) is 0 Å². The van der Waals surface area contributed by atoms with Crippen molar-refractivity contribution in [3.05, 3.63) is 54.6 Å². The van der Waals surface area contributed by atoms with Crippen molar-refractivity contribution in [2.45, 2.75) is 19.9 Å². The minimum atomic E-state index is -0.229. The molecule has 0 aliphatic carbocycles. The molecular formula is C19H18N4O3. The summed E-state index contributed by atoms with van der Waals surface area (Å²) in [4.78, 5) is 28.5. The Morgan fingerprint density at radius 1 is 1.23 bits per heavy atom. The zero-order valence-corrected chi connectivity index (χ0v) is 14.5. The Hall–Kier alpha value is -3.35. The van der Waals surface area contributed by atoms with E-state index in [4.69, 9.17) is 4.42 Å². The van der Waals surface area contributed by atoms with Gasteiger partial charge in [0, 0.05) is 25.2 Å². The average molecular weight is 350 g/mol. The standard InChI is InChI=1S/C19H18N4O3/c1-12-11-22(19(25)18-4-3-9-26-18)17-10-14(15-7-8-20-21-15)5-6-16(17)23(12)13(2)24/h3-10,12H,11H2,1-2H3,(H,20,21). The van der Waals surface area contributed by atoms with E-state index in [1.165, 1.54) is 13.2 Å². The summed E-state index contributed by atoms with van der Waals surface area (Å²) in [6.45, 7) is 3.85. The van der Waals surface area contributed by atoms with Crippen LogP contribution in [0.2, 0.25) is 0 Å². The van der Waals surface area contributed by atoms with Crippen LogP contribution in [0, 0.1) is 0 Å². The first-order valence-corrected chi connectivity index (χ1v) is 8.35. The first kappa shape index (κ1) is 16.1. The summed E-state index contributed by atoms with van der Waals surface area (Å²) in [5.41, 5.74) is 3.11. The number of aromatic nitrogens is 2. The number of anilines is 2. The van der Waals surface area contributed by atoms with E-state index in [0.29, 0.717) is 17.9 Å². The number of hydrogen-bond acceptors (Lipinski definition) is 4. The number of amides is 2. The molecule has 7 nitrogen and oxygen atoms in total. The smallest absolute Gasteiger partial charge is 0.294 e. The zero-order chi connectivity index (χ0) is 18.3. The van der Waals surface area contributed by atoms with Crippen molar-refractivity contribution in [3.8, 4) is 11.3 Å². The normalized spacial score (nSPS) is 16.5. The topological polar surface area (TPSA) is 82.4 Å². The van der Waals surface area contributed by atoms with Crippen LogP contribution in [0.5, 0.6) is 0 Å². The van der Waals surface area contributed by atoms with Crippen LogP contribution in [-0.2, 0) is 4.79 Å². The summed E-state index contributed by atoms with van der Waals surface area (Å²) in [6, 6.07) is 10.7. The molecule has 1 aliphatic rings. The van der Waals surface area contributed by atoms with Gasteiger partial charge in [0.15, 0.2) is 5.76 Å². The Bertz CT molecular complexity index is 947. The number of nitrogens with one attached hydrogen (secondary N) is 1. The Labute approximate surface area is 150 Å². The molecule has 3 heterocycles. The summed E-state index contributed by atoms with van der Waals surface area (Å²) in [5.74, 6) is -0.0161. The number of rotatable bonds is 2. The second-order valence-electron chi connectivity index (χ2n) is 6.30. The molecule has 3 aromatic rings. The summed E-state index contributed by atoms with van der Waals surface area (Å²) in [6.07, 6.45) is 3.15. The van der Waals surface area contributed by atoms with Gasteiger partial charge in [0.05, 0.1) is 29.4 Å². The number of aromatic amines is 1. The highest BCUT2D eigenvalue weighted by atomic mass is 16.3. The van der Waals surface area contributed by atoms with Crippen LogP contribution in [0.4, 0.5) is 11.4 Å². The van der Waals surface area contributed by atoms with Gasteiger partial charge in [0.1, 0.15) is 0 Å². The summed E-state index contributed by atoms with van der Waals surface area (Å²) in [5, 5.41) is 6.90. The van der Waals surface area contributed by atoms with Gasteiger partial charge in [-0.2, -0.15) is 5.10 Å². The molecule has 0 saturated carbocycles. The summed E-state index contributed by atoms with van der Waals surface area (Å²) < 4.78 is 5.29. The predicted molar refractivity (Wildman–Crippen MR) is 97.0 cm³/mol. The van der Waals surface area contributed by atoms with E-state index in [-0.39, 0.29) is 23.6 Å². The predicted octanol–water partition coefficient (Wildman–Crippen LogP) is 3.07. The highest BCUT2D eigenvalue weighted by Crippen LogP contribution is 2.39. The van der Waals surface area contributed by atoms with E-state index in [9.17, 15) is 9.59 Å². The molecule has 0 bridgehead atoms. The first-order chi connectivity index (χ1) is 12.6. The van der Waals surface area contributed by atoms with Crippen molar-refractivity contribution >= 4 is 23.2 Å². The minimum absolute atomic E-state index is 0.0573. The number of benzene rings is 1. The van der Waals surface area contributed by atoms with Crippen molar-refractivity contribution in [1.29, 1.82) is 0 Å². The Morgan fingerprint density at radius 2 is 2.08 bits per heavy atom. The second-order valence-corrected chi connectivity index (χ2v) is 6.30. The number of H-pyrrole nitrogens is 1. The third kappa shape index (κ3) is 2.57. The van der Waals surface area contributed by atoms with Crippen molar-refractivity contribution in [1.82, 2.24) is 10.2 Å². The van der Waals surface area contributed by atoms with Gasteiger partial charge in [-0.1, -0.05) is 6.07 Å². The lowest BCUT2D eigenvalue weighted by molar-refractivity contribution is -0.117. The molecule has 4 rings (SSSR count).